The number of carbonyl (C=O) groups is 2. The first-order chi connectivity index (χ1) is 18.7. The average molecular weight is 533 g/mol. The lowest BCUT2D eigenvalue weighted by Gasteiger charge is -2.39. The van der Waals surface area contributed by atoms with Crippen molar-refractivity contribution < 1.29 is 23.1 Å². The van der Waals surface area contributed by atoms with Gasteiger partial charge in [-0.2, -0.15) is 0 Å². The zero-order chi connectivity index (χ0) is 27.4. The smallest absolute Gasteiger partial charge is 0.236 e. The van der Waals surface area contributed by atoms with Gasteiger partial charge in [0.1, 0.15) is 6.04 Å². The summed E-state index contributed by atoms with van der Waals surface area (Å²) in [5.41, 5.74) is 2.97. The number of carbonyl (C=O) groups excluding carboxylic acids is 2. The summed E-state index contributed by atoms with van der Waals surface area (Å²) in [7, 11) is 0. The van der Waals surface area contributed by atoms with Crippen molar-refractivity contribution in [2.24, 2.45) is 5.41 Å². The fourth-order valence-electron chi connectivity index (χ4n) is 6.06. The van der Waals surface area contributed by atoms with Crippen LogP contribution in [0, 0.1) is 17.0 Å². The number of ether oxygens (including phenoxy) is 1. The zero-order valence-electron chi connectivity index (χ0n) is 22.0. The second-order valence-electron chi connectivity index (χ2n) is 11.4. The zero-order valence-corrected chi connectivity index (χ0v) is 22.0. The van der Waals surface area contributed by atoms with Gasteiger partial charge in [-0.15, -0.1) is 0 Å². The van der Waals surface area contributed by atoms with E-state index in [1.165, 1.54) is 17.2 Å². The van der Waals surface area contributed by atoms with Gasteiger partial charge in [-0.3, -0.25) is 29.4 Å². The summed E-state index contributed by atoms with van der Waals surface area (Å²) in [6.07, 6.45) is 7.27. The maximum atomic E-state index is 14.2. The summed E-state index contributed by atoms with van der Waals surface area (Å²) in [5.74, 6) is -2.76. The molecule has 1 atom stereocenters. The van der Waals surface area contributed by atoms with E-state index in [0.717, 1.165) is 48.5 Å². The summed E-state index contributed by atoms with van der Waals surface area (Å²) in [6.45, 7) is 6.45. The molecule has 2 aromatic heterocycles. The number of rotatable bonds is 5. The van der Waals surface area contributed by atoms with E-state index in [0.29, 0.717) is 24.4 Å². The maximum absolute atomic E-state index is 14.2. The predicted molar refractivity (Wildman–Crippen MR) is 138 cm³/mol. The van der Waals surface area contributed by atoms with E-state index in [-0.39, 0.29) is 23.8 Å². The molecule has 0 saturated carbocycles. The molecule has 1 aromatic carbocycles. The topological polar surface area (TPSA) is 75.6 Å². The van der Waals surface area contributed by atoms with Crippen molar-refractivity contribution in [3.8, 4) is 0 Å². The Morgan fingerprint density at radius 3 is 2.49 bits per heavy atom. The van der Waals surface area contributed by atoms with Gasteiger partial charge >= 0.3 is 0 Å². The second kappa shape index (κ2) is 9.57. The average Bonchev–Trinajstić information content (AvgIpc) is 3.37. The number of halogens is 2. The number of pyridine rings is 2. The molecule has 2 saturated heterocycles. The van der Waals surface area contributed by atoms with Crippen LogP contribution in [0.1, 0.15) is 67.1 Å². The Balaban J connectivity index is 1.21. The fourth-order valence-corrected chi connectivity index (χ4v) is 6.06. The van der Waals surface area contributed by atoms with Crippen molar-refractivity contribution in [3.63, 3.8) is 0 Å². The van der Waals surface area contributed by atoms with Crippen LogP contribution in [-0.2, 0) is 33.1 Å². The number of piperidine rings is 1. The minimum atomic E-state index is -1.04. The van der Waals surface area contributed by atoms with Gasteiger partial charge < -0.3 is 4.74 Å². The molecule has 7 nitrogen and oxygen atoms in total. The van der Waals surface area contributed by atoms with Crippen molar-refractivity contribution in [3.05, 3.63) is 94.6 Å². The minimum Gasteiger partial charge on any atom is -0.365 e. The highest BCUT2D eigenvalue weighted by molar-refractivity contribution is 6.06. The first kappa shape index (κ1) is 25.7. The van der Waals surface area contributed by atoms with Crippen LogP contribution in [0.2, 0.25) is 0 Å². The monoisotopic (exact) mass is 532 g/mol. The molecule has 3 aliphatic heterocycles. The largest absolute Gasteiger partial charge is 0.365 e. The van der Waals surface area contributed by atoms with Crippen LogP contribution in [-0.4, -0.2) is 44.7 Å². The van der Waals surface area contributed by atoms with Crippen molar-refractivity contribution in [2.45, 2.75) is 57.9 Å². The van der Waals surface area contributed by atoms with Gasteiger partial charge in [-0.05, 0) is 53.8 Å². The molecule has 202 valence electrons. The van der Waals surface area contributed by atoms with Gasteiger partial charge in [0.2, 0.25) is 11.8 Å². The highest BCUT2D eigenvalue weighted by Gasteiger charge is 2.49. The molecule has 0 bridgehead atoms. The van der Waals surface area contributed by atoms with Gasteiger partial charge in [-0.1, -0.05) is 26.0 Å². The molecule has 0 N–H and O–H groups in total. The highest BCUT2D eigenvalue weighted by Crippen LogP contribution is 2.44. The van der Waals surface area contributed by atoms with E-state index in [1.54, 1.807) is 32.3 Å². The number of imide groups is 1. The molecule has 2 fully saturated rings. The lowest BCUT2D eigenvalue weighted by Crippen LogP contribution is -2.42. The summed E-state index contributed by atoms with van der Waals surface area (Å²) >= 11 is 0. The predicted octanol–water partition coefficient (Wildman–Crippen LogP) is 4.65. The third-order valence-electron chi connectivity index (χ3n) is 8.28. The van der Waals surface area contributed by atoms with Crippen LogP contribution in [0.5, 0.6) is 0 Å². The summed E-state index contributed by atoms with van der Waals surface area (Å²) in [6, 6.07) is 8.20. The van der Waals surface area contributed by atoms with Gasteiger partial charge in [0.05, 0.1) is 23.3 Å². The number of amides is 2. The number of benzene rings is 1. The van der Waals surface area contributed by atoms with Crippen LogP contribution >= 0.6 is 0 Å². The standard InChI is InChI=1S/C30H30F2N4O3/c1-29(2)14-26(37)36(28(29)38)27(20-4-5-23(31)24(32)13-20)25-6-3-19(15-34-25)17-35-11-8-30(9-12-35)22-16-33-10-7-21(22)18-39-30/h3-7,10,13,15-16,27H,8-9,11-12,14,17-18H2,1-2H3. The Morgan fingerprint density at radius 2 is 1.82 bits per heavy atom. The van der Waals surface area contributed by atoms with E-state index >= 15 is 0 Å². The Morgan fingerprint density at radius 1 is 1.03 bits per heavy atom. The number of hydrogen-bond acceptors (Lipinski definition) is 6. The van der Waals surface area contributed by atoms with Crippen LogP contribution < -0.4 is 0 Å². The summed E-state index contributed by atoms with van der Waals surface area (Å²) in [5, 5.41) is 0. The molecular weight excluding hydrogens is 502 g/mol. The second-order valence-corrected chi connectivity index (χ2v) is 11.4. The normalized spacial score (nSPS) is 21.0. The quantitative estimate of drug-likeness (QED) is 0.446. The molecule has 39 heavy (non-hydrogen) atoms. The Hall–Kier alpha value is -3.56. The molecule has 9 heteroatoms. The van der Waals surface area contributed by atoms with Crippen molar-refractivity contribution in [2.75, 3.05) is 13.1 Å². The molecule has 0 aliphatic carbocycles. The molecule has 1 spiro atoms. The molecule has 2 amide bonds. The Labute approximate surface area is 225 Å². The first-order valence-corrected chi connectivity index (χ1v) is 13.2. The van der Waals surface area contributed by atoms with Crippen molar-refractivity contribution in [1.82, 2.24) is 19.8 Å². The minimum absolute atomic E-state index is 0.0464. The molecule has 3 aliphatic rings. The summed E-state index contributed by atoms with van der Waals surface area (Å²) in [4.78, 5) is 38.5. The van der Waals surface area contributed by atoms with Gasteiger partial charge in [0.15, 0.2) is 11.6 Å². The lowest BCUT2D eigenvalue weighted by atomic mass is 9.84. The Bertz CT molecular complexity index is 1430. The first-order valence-electron chi connectivity index (χ1n) is 13.2. The van der Waals surface area contributed by atoms with Gasteiger partial charge in [0, 0.05) is 50.2 Å². The SMILES string of the molecule is CC1(C)CC(=O)N(C(c2ccc(F)c(F)c2)c2ccc(CN3CCC4(CC3)OCc3ccncc34)cn2)C1=O. The van der Waals surface area contributed by atoms with Crippen LogP contribution in [0.4, 0.5) is 8.78 Å². The third-order valence-corrected chi connectivity index (χ3v) is 8.28. The van der Waals surface area contributed by atoms with E-state index in [4.69, 9.17) is 4.74 Å². The molecule has 1 unspecified atom stereocenters. The van der Waals surface area contributed by atoms with E-state index < -0.39 is 23.1 Å². The van der Waals surface area contributed by atoms with E-state index in [2.05, 4.69) is 14.9 Å². The lowest BCUT2D eigenvalue weighted by molar-refractivity contribution is -0.142. The van der Waals surface area contributed by atoms with Crippen LogP contribution in [0.25, 0.3) is 0 Å². The molecule has 3 aromatic rings. The number of nitrogens with zero attached hydrogens (tertiary/aromatic N) is 4. The van der Waals surface area contributed by atoms with Crippen LogP contribution in [0.3, 0.4) is 0 Å². The fraction of sp³-hybridized carbons (Fsp3) is 0.400. The number of aromatic nitrogens is 2. The van der Waals surface area contributed by atoms with E-state index in [9.17, 15) is 18.4 Å². The molecular formula is C30H30F2N4O3. The number of hydrogen-bond donors (Lipinski definition) is 0. The Kier molecular flexibility index (Phi) is 6.31. The summed E-state index contributed by atoms with van der Waals surface area (Å²) < 4.78 is 34.2. The van der Waals surface area contributed by atoms with E-state index in [1.807, 2.05) is 18.3 Å². The van der Waals surface area contributed by atoms with Crippen LogP contribution in [0.15, 0.2) is 55.0 Å². The molecule has 6 rings (SSSR count). The van der Waals surface area contributed by atoms with Crippen molar-refractivity contribution >= 4 is 11.8 Å². The highest BCUT2D eigenvalue weighted by atomic mass is 19.2. The maximum Gasteiger partial charge on any atom is 0.236 e. The number of fused-ring (bicyclic) bond motifs is 2. The third kappa shape index (κ3) is 4.53. The molecule has 5 heterocycles. The van der Waals surface area contributed by atoms with Crippen molar-refractivity contribution in [1.29, 1.82) is 0 Å². The van der Waals surface area contributed by atoms with Gasteiger partial charge in [-0.25, -0.2) is 8.78 Å². The molecule has 0 radical (unpaired) electrons. The van der Waals surface area contributed by atoms with Gasteiger partial charge in [0.25, 0.3) is 0 Å². The number of likely N-dealkylation sites (tertiary alicyclic amines) is 2.